The molecule has 78 valence electrons. The van der Waals surface area contributed by atoms with Gasteiger partial charge in [-0.3, -0.25) is 4.90 Å². The minimum absolute atomic E-state index is 0.198. The molecule has 3 heteroatoms. The topological polar surface area (TPSA) is 39.1 Å². The molecule has 1 aliphatic heterocycles. The molecule has 0 amide bonds. The minimum atomic E-state index is 0.198. The highest BCUT2D eigenvalue weighted by Gasteiger charge is 2.31. The molecular weight excluding hydrogens is 174 g/mol. The van der Waals surface area contributed by atoms with Crippen LogP contribution in [-0.4, -0.2) is 37.1 Å². The SMILES string of the molecule is N#CC(C1CCC1)N1CCCNCC1. The van der Waals surface area contributed by atoms with E-state index in [9.17, 15) is 5.26 Å². The van der Waals surface area contributed by atoms with Crippen LogP contribution in [0.15, 0.2) is 0 Å². The van der Waals surface area contributed by atoms with Gasteiger partial charge < -0.3 is 5.32 Å². The van der Waals surface area contributed by atoms with Crippen LogP contribution in [0.2, 0.25) is 0 Å². The largest absolute Gasteiger partial charge is 0.315 e. The minimum Gasteiger partial charge on any atom is -0.315 e. The van der Waals surface area contributed by atoms with E-state index in [1.165, 1.54) is 25.7 Å². The molecular formula is C11H19N3. The van der Waals surface area contributed by atoms with Gasteiger partial charge in [-0.15, -0.1) is 0 Å². The summed E-state index contributed by atoms with van der Waals surface area (Å²) in [5.41, 5.74) is 0. The first-order chi connectivity index (χ1) is 6.92. The monoisotopic (exact) mass is 193 g/mol. The van der Waals surface area contributed by atoms with Gasteiger partial charge in [-0.25, -0.2) is 0 Å². The molecule has 0 aromatic rings. The molecule has 3 nitrogen and oxygen atoms in total. The van der Waals surface area contributed by atoms with Crippen LogP contribution in [0.1, 0.15) is 25.7 Å². The first kappa shape index (κ1) is 9.95. The van der Waals surface area contributed by atoms with Crippen LogP contribution < -0.4 is 5.32 Å². The second kappa shape index (κ2) is 4.77. The average molecular weight is 193 g/mol. The van der Waals surface area contributed by atoms with Gasteiger partial charge in [-0.05, 0) is 31.7 Å². The van der Waals surface area contributed by atoms with Crippen molar-refractivity contribution in [2.24, 2.45) is 5.92 Å². The Balaban J connectivity index is 1.92. The van der Waals surface area contributed by atoms with Crippen LogP contribution in [0.25, 0.3) is 0 Å². The molecule has 2 fully saturated rings. The van der Waals surface area contributed by atoms with Gasteiger partial charge in [0.05, 0.1) is 6.07 Å². The smallest absolute Gasteiger partial charge is 0.101 e. The summed E-state index contributed by atoms with van der Waals surface area (Å²) in [5.74, 6) is 0.665. The van der Waals surface area contributed by atoms with E-state index in [1.54, 1.807) is 0 Å². The van der Waals surface area contributed by atoms with Crippen LogP contribution in [-0.2, 0) is 0 Å². The van der Waals surface area contributed by atoms with Crippen LogP contribution in [0.5, 0.6) is 0 Å². The molecule has 0 spiro atoms. The quantitative estimate of drug-likeness (QED) is 0.710. The fourth-order valence-corrected chi connectivity index (χ4v) is 2.39. The first-order valence-corrected chi connectivity index (χ1v) is 5.76. The Kier molecular flexibility index (Phi) is 3.39. The standard InChI is InChI=1S/C11H19N3/c12-9-11(10-3-1-4-10)14-7-2-5-13-6-8-14/h10-11,13H,1-8H2. The average Bonchev–Trinajstić information content (AvgIpc) is 2.38. The van der Waals surface area contributed by atoms with Gasteiger partial charge in [0.2, 0.25) is 0 Å². The van der Waals surface area contributed by atoms with Crippen molar-refractivity contribution in [3.05, 3.63) is 0 Å². The lowest BCUT2D eigenvalue weighted by atomic mass is 9.79. The van der Waals surface area contributed by atoms with E-state index in [-0.39, 0.29) is 6.04 Å². The molecule has 1 unspecified atom stereocenters. The summed E-state index contributed by atoms with van der Waals surface area (Å²) in [4.78, 5) is 2.38. The maximum absolute atomic E-state index is 9.19. The van der Waals surface area contributed by atoms with Gasteiger partial charge in [0.15, 0.2) is 0 Å². The van der Waals surface area contributed by atoms with Crippen LogP contribution in [0, 0.1) is 17.2 Å². The number of hydrogen-bond donors (Lipinski definition) is 1. The van der Waals surface area contributed by atoms with Crippen molar-refractivity contribution < 1.29 is 0 Å². The third-order valence-electron chi connectivity index (χ3n) is 3.50. The molecule has 1 heterocycles. The molecule has 0 aromatic heterocycles. The Morgan fingerprint density at radius 3 is 2.71 bits per heavy atom. The molecule has 14 heavy (non-hydrogen) atoms. The van der Waals surface area contributed by atoms with Gasteiger partial charge in [0, 0.05) is 19.6 Å². The summed E-state index contributed by atoms with van der Waals surface area (Å²) >= 11 is 0. The maximum atomic E-state index is 9.19. The number of nitriles is 1. The molecule has 1 saturated heterocycles. The Labute approximate surface area is 86.1 Å². The molecule has 0 bridgehead atoms. The summed E-state index contributed by atoms with van der Waals surface area (Å²) < 4.78 is 0. The Hall–Kier alpha value is -0.590. The third kappa shape index (κ3) is 2.08. The van der Waals surface area contributed by atoms with E-state index in [1.807, 2.05) is 0 Å². The molecule has 2 rings (SSSR count). The fourth-order valence-electron chi connectivity index (χ4n) is 2.39. The van der Waals surface area contributed by atoms with Crippen molar-refractivity contribution in [2.75, 3.05) is 26.2 Å². The first-order valence-electron chi connectivity index (χ1n) is 5.76. The number of nitrogens with zero attached hydrogens (tertiary/aromatic N) is 2. The van der Waals surface area contributed by atoms with E-state index >= 15 is 0 Å². The molecule has 1 saturated carbocycles. The lowest BCUT2D eigenvalue weighted by molar-refractivity contribution is 0.139. The van der Waals surface area contributed by atoms with Crippen molar-refractivity contribution in [3.63, 3.8) is 0 Å². The van der Waals surface area contributed by atoms with Crippen molar-refractivity contribution in [3.8, 4) is 6.07 Å². The Bertz CT molecular complexity index is 209. The molecule has 2 aliphatic rings. The second-order valence-electron chi connectivity index (χ2n) is 4.40. The van der Waals surface area contributed by atoms with Gasteiger partial charge in [-0.2, -0.15) is 5.26 Å². The third-order valence-corrected chi connectivity index (χ3v) is 3.50. The zero-order valence-electron chi connectivity index (χ0n) is 8.71. The highest BCUT2D eigenvalue weighted by atomic mass is 15.2. The van der Waals surface area contributed by atoms with Crippen LogP contribution in [0.4, 0.5) is 0 Å². The molecule has 1 aliphatic carbocycles. The normalized spacial score (nSPS) is 27.4. The highest BCUT2D eigenvalue weighted by Crippen LogP contribution is 2.32. The summed E-state index contributed by atoms with van der Waals surface area (Å²) in [7, 11) is 0. The molecule has 0 aromatic carbocycles. The fraction of sp³-hybridized carbons (Fsp3) is 0.909. The van der Waals surface area contributed by atoms with E-state index in [0.29, 0.717) is 5.92 Å². The second-order valence-corrected chi connectivity index (χ2v) is 4.40. The van der Waals surface area contributed by atoms with E-state index in [0.717, 1.165) is 26.2 Å². The van der Waals surface area contributed by atoms with Gasteiger partial charge >= 0.3 is 0 Å². The molecule has 0 radical (unpaired) electrons. The van der Waals surface area contributed by atoms with Gasteiger partial charge in [-0.1, -0.05) is 6.42 Å². The molecule has 1 N–H and O–H groups in total. The lowest BCUT2D eigenvalue weighted by Crippen LogP contribution is -2.43. The van der Waals surface area contributed by atoms with Crippen molar-refractivity contribution in [1.82, 2.24) is 10.2 Å². The molecule has 1 atom stereocenters. The van der Waals surface area contributed by atoms with E-state index in [2.05, 4.69) is 16.3 Å². The number of hydrogen-bond acceptors (Lipinski definition) is 3. The predicted molar refractivity (Wildman–Crippen MR) is 55.8 cm³/mol. The summed E-state index contributed by atoms with van der Waals surface area (Å²) in [6, 6.07) is 2.70. The number of rotatable bonds is 2. The summed E-state index contributed by atoms with van der Waals surface area (Å²) in [6.45, 7) is 4.31. The van der Waals surface area contributed by atoms with Crippen molar-refractivity contribution in [2.45, 2.75) is 31.7 Å². The Morgan fingerprint density at radius 1 is 1.21 bits per heavy atom. The van der Waals surface area contributed by atoms with Gasteiger partial charge in [0.1, 0.15) is 6.04 Å². The maximum Gasteiger partial charge on any atom is 0.101 e. The van der Waals surface area contributed by atoms with Gasteiger partial charge in [0.25, 0.3) is 0 Å². The highest BCUT2D eigenvalue weighted by molar-refractivity contribution is 4.99. The Morgan fingerprint density at radius 2 is 2.07 bits per heavy atom. The predicted octanol–water partition coefficient (Wildman–Crippen LogP) is 0.974. The van der Waals surface area contributed by atoms with E-state index < -0.39 is 0 Å². The van der Waals surface area contributed by atoms with Crippen LogP contribution >= 0.6 is 0 Å². The lowest BCUT2D eigenvalue weighted by Gasteiger charge is -2.36. The zero-order valence-corrected chi connectivity index (χ0v) is 8.71. The summed E-state index contributed by atoms with van der Waals surface area (Å²) in [5, 5.41) is 12.6. The van der Waals surface area contributed by atoms with E-state index in [4.69, 9.17) is 0 Å². The van der Waals surface area contributed by atoms with Crippen molar-refractivity contribution >= 4 is 0 Å². The van der Waals surface area contributed by atoms with Crippen LogP contribution in [0.3, 0.4) is 0 Å². The van der Waals surface area contributed by atoms with Crippen molar-refractivity contribution in [1.29, 1.82) is 5.26 Å². The summed E-state index contributed by atoms with van der Waals surface area (Å²) in [6.07, 6.45) is 5.05. The number of nitrogens with one attached hydrogen (secondary N) is 1. The zero-order chi connectivity index (χ0) is 9.80.